The van der Waals surface area contributed by atoms with E-state index in [-0.39, 0.29) is 11.4 Å². The first kappa shape index (κ1) is 26.4. The first-order valence-electron chi connectivity index (χ1n) is 12.9. The minimum absolute atomic E-state index is 0.00858. The van der Waals surface area contributed by atoms with Gasteiger partial charge in [0.05, 0.1) is 5.57 Å². The van der Waals surface area contributed by atoms with Gasteiger partial charge in [-0.1, -0.05) is 67.9 Å². The molecule has 39 heavy (non-hydrogen) atoms. The van der Waals surface area contributed by atoms with E-state index in [0.717, 1.165) is 28.9 Å². The molecular weight excluding hydrogens is 508 g/mol. The predicted molar refractivity (Wildman–Crippen MR) is 158 cm³/mol. The molecule has 0 radical (unpaired) electrons. The van der Waals surface area contributed by atoms with Crippen LogP contribution >= 0.6 is 11.8 Å². The second kappa shape index (κ2) is 11.7. The number of carbonyl (C=O) groups excluding carboxylic acids is 1. The molecule has 2 aliphatic heterocycles. The Morgan fingerprint density at radius 2 is 1.56 bits per heavy atom. The smallest absolute Gasteiger partial charge is 0.283 e. The number of thioether (sulfide) groups is 1. The first-order valence-corrected chi connectivity index (χ1v) is 13.8. The second-order valence-corrected chi connectivity index (χ2v) is 10.4. The molecule has 0 saturated carbocycles. The van der Waals surface area contributed by atoms with E-state index in [1.54, 1.807) is 6.08 Å². The second-order valence-electron chi connectivity index (χ2n) is 9.44. The van der Waals surface area contributed by atoms with E-state index in [1.165, 1.54) is 22.3 Å². The van der Waals surface area contributed by atoms with Gasteiger partial charge in [-0.25, -0.2) is 0 Å². The topological polar surface area (TPSA) is 87.3 Å². The molecule has 0 bridgehead atoms. The molecule has 0 spiro atoms. The number of hydrazone groups is 1. The van der Waals surface area contributed by atoms with Crippen molar-refractivity contribution in [3.63, 3.8) is 0 Å². The van der Waals surface area contributed by atoms with Crippen molar-refractivity contribution < 1.29 is 14.3 Å². The zero-order valence-electron chi connectivity index (χ0n) is 22.2. The van der Waals surface area contributed by atoms with Crippen molar-refractivity contribution in [2.75, 3.05) is 13.2 Å². The van der Waals surface area contributed by atoms with Crippen LogP contribution in [0.4, 0.5) is 0 Å². The summed E-state index contributed by atoms with van der Waals surface area (Å²) in [6.07, 6.45) is 2.77. The number of nitrogens with zero attached hydrogens (tertiary/aromatic N) is 3. The van der Waals surface area contributed by atoms with Crippen molar-refractivity contribution >= 4 is 39.8 Å². The highest BCUT2D eigenvalue weighted by molar-refractivity contribution is 8.27. The Hall–Kier alpha value is -4.17. The van der Waals surface area contributed by atoms with Crippen LogP contribution in [0.3, 0.4) is 0 Å². The molecule has 5 rings (SSSR count). The van der Waals surface area contributed by atoms with E-state index < -0.39 is 5.91 Å². The number of hydrogen-bond donors (Lipinski definition) is 1. The molecule has 1 amide bonds. The number of amides is 1. The summed E-state index contributed by atoms with van der Waals surface area (Å²) in [5.74, 6) is 1.62. The number of carbonyl (C=O) groups is 1. The molecule has 3 aromatic carbocycles. The van der Waals surface area contributed by atoms with Crippen molar-refractivity contribution in [2.45, 2.75) is 33.1 Å². The number of nitrogens with one attached hydrogen (secondary N) is 1. The lowest BCUT2D eigenvalue weighted by molar-refractivity contribution is -0.114. The van der Waals surface area contributed by atoms with Crippen molar-refractivity contribution in [2.24, 2.45) is 10.1 Å². The van der Waals surface area contributed by atoms with E-state index in [2.05, 4.69) is 36.1 Å². The maximum Gasteiger partial charge on any atom is 0.283 e. The Balaban J connectivity index is 1.17. The maximum atomic E-state index is 12.7. The number of amidine groups is 2. The lowest BCUT2D eigenvalue weighted by Gasteiger charge is -2.20. The number of hydrogen-bond acceptors (Lipinski definition) is 6. The van der Waals surface area contributed by atoms with Gasteiger partial charge in [0.25, 0.3) is 5.91 Å². The largest absolute Gasteiger partial charge is 0.490 e. The zero-order valence-corrected chi connectivity index (χ0v) is 23.0. The summed E-state index contributed by atoms with van der Waals surface area (Å²) >= 11 is 1.29. The van der Waals surface area contributed by atoms with Crippen LogP contribution in [0.2, 0.25) is 0 Å². The van der Waals surface area contributed by atoms with E-state index >= 15 is 0 Å². The molecule has 0 fully saturated rings. The number of benzene rings is 3. The molecule has 0 unspecified atom stereocenters. The standard InChI is InChI=1S/C31H30N4O3S/c1-4-21(3)23-11-15-26(16-12-23)38-18-17-37-25-13-7-22(8-14-25)19-27-28(32)35-31(33-29(27)36)39-30(34-35)24-9-5-20(2)6-10-24/h5-16,19,21,32H,4,17-18H2,1-3H3/b27-19+,32-28?/t21-/m1/s1. The van der Waals surface area contributed by atoms with E-state index in [0.29, 0.717) is 35.1 Å². The summed E-state index contributed by atoms with van der Waals surface area (Å²) in [5.41, 5.74) is 4.34. The Morgan fingerprint density at radius 1 is 0.949 bits per heavy atom. The normalized spacial score (nSPS) is 16.6. The minimum Gasteiger partial charge on any atom is -0.490 e. The van der Waals surface area contributed by atoms with Gasteiger partial charge in [-0.15, -0.1) is 0 Å². The molecule has 0 aromatic heterocycles. The third kappa shape index (κ3) is 6.12. The Morgan fingerprint density at radius 3 is 2.18 bits per heavy atom. The highest BCUT2D eigenvalue weighted by Gasteiger charge is 2.36. The number of ether oxygens (including phenoxy) is 2. The van der Waals surface area contributed by atoms with E-state index in [9.17, 15) is 4.79 Å². The first-order chi connectivity index (χ1) is 18.9. The molecule has 198 valence electrons. The molecule has 2 aliphatic rings. The van der Waals surface area contributed by atoms with Crippen LogP contribution in [0.5, 0.6) is 11.5 Å². The van der Waals surface area contributed by atoms with Crippen molar-refractivity contribution in [3.05, 3.63) is 101 Å². The van der Waals surface area contributed by atoms with Crippen LogP contribution in [-0.4, -0.2) is 40.2 Å². The third-order valence-corrected chi connectivity index (χ3v) is 7.58. The Labute approximate surface area is 232 Å². The fourth-order valence-corrected chi connectivity index (χ4v) is 4.98. The molecular formula is C31H30N4O3S. The summed E-state index contributed by atoms with van der Waals surface area (Å²) in [6, 6.07) is 23.5. The highest BCUT2D eigenvalue weighted by atomic mass is 32.2. The monoisotopic (exact) mass is 538 g/mol. The van der Waals surface area contributed by atoms with Crippen LogP contribution in [-0.2, 0) is 4.79 Å². The summed E-state index contributed by atoms with van der Waals surface area (Å²) in [4.78, 5) is 16.9. The number of fused-ring (bicyclic) bond motifs is 1. The van der Waals surface area contributed by atoms with Crippen LogP contribution < -0.4 is 9.47 Å². The summed E-state index contributed by atoms with van der Waals surface area (Å²) in [7, 11) is 0. The van der Waals surface area contributed by atoms with Crippen molar-refractivity contribution in [1.29, 1.82) is 5.41 Å². The predicted octanol–water partition coefficient (Wildman–Crippen LogP) is 6.63. The SMILES string of the molecule is CC[C@@H](C)c1ccc(OCCOc2ccc(/C=C3\C(=N)N4N=C(c5ccc(C)cc5)SC4=NC3=O)cc2)cc1. The van der Waals surface area contributed by atoms with Crippen LogP contribution in [0, 0.1) is 12.3 Å². The number of aliphatic imine (C=N–C) groups is 1. The van der Waals surface area contributed by atoms with Gasteiger partial charge in [0.1, 0.15) is 29.8 Å². The lowest BCUT2D eigenvalue weighted by atomic mass is 9.99. The Bertz CT molecular complexity index is 1460. The average Bonchev–Trinajstić information content (AvgIpc) is 3.38. The molecule has 8 heteroatoms. The molecule has 0 aliphatic carbocycles. The number of rotatable bonds is 9. The van der Waals surface area contributed by atoms with Gasteiger partial charge in [0, 0.05) is 5.56 Å². The van der Waals surface area contributed by atoms with Gasteiger partial charge in [-0.05, 0) is 72.5 Å². The molecule has 3 aromatic rings. The molecule has 0 saturated heterocycles. The number of aryl methyl sites for hydroxylation is 1. The van der Waals surface area contributed by atoms with Gasteiger partial charge in [-0.3, -0.25) is 10.2 Å². The van der Waals surface area contributed by atoms with Crippen molar-refractivity contribution in [3.8, 4) is 11.5 Å². The van der Waals surface area contributed by atoms with Gasteiger partial charge >= 0.3 is 0 Å². The van der Waals surface area contributed by atoms with Gasteiger partial charge in [0.2, 0.25) is 5.17 Å². The van der Waals surface area contributed by atoms with Crippen LogP contribution in [0.1, 0.15) is 48.4 Å². The Kier molecular flexibility index (Phi) is 7.93. The van der Waals surface area contributed by atoms with Gasteiger partial charge < -0.3 is 9.47 Å². The summed E-state index contributed by atoms with van der Waals surface area (Å²) in [6.45, 7) is 7.26. The van der Waals surface area contributed by atoms with Gasteiger partial charge in [-0.2, -0.15) is 15.1 Å². The van der Waals surface area contributed by atoms with Gasteiger partial charge in [0.15, 0.2) is 5.84 Å². The minimum atomic E-state index is -0.450. The van der Waals surface area contributed by atoms with Crippen LogP contribution in [0.25, 0.3) is 6.08 Å². The fraction of sp³-hybridized carbons (Fsp3) is 0.226. The fourth-order valence-electron chi connectivity index (χ4n) is 4.08. The zero-order chi connectivity index (χ0) is 27.4. The molecule has 1 N–H and O–H groups in total. The average molecular weight is 539 g/mol. The molecule has 2 heterocycles. The van der Waals surface area contributed by atoms with E-state index in [4.69, 9.17) is 14.9 Å². The molecule has 7 nitrogen and oxygen atoms in total. The van der Waals surface area contributed by atoms with Crippen molar-refractivity contribution in [1.82, 2.24) is 5.01 Å². The quantitative estimate of drug-likeness (QED) is 0.244. The molecule has 1 atom stereocenters. The third-order valence-electron chi connectivity index (χ3n) is 6.63. The van der Waals surface area contributed by atoms with Crippen LogP contribution in [0.15, 0.2) is 88.5 Å². The highest BCUT2D eigenvalue weighted by Crippen LogP contribution is 2.31. The summed E-state index contributed by atoms with van der Waals surface area (Å²) in [5, 5.41) is 15.7. The lowest BCUT2D eigenvalue weighted by Crippen LogP contribution is -2.35. The summed E-state index contributed by atoms with van der Waals surface area (Å²) < 4.78 is 11.6. The van der Waals surface area contributed by atoms with E-state index in [1.807, 2.05) is 67.6 Å². The maximum absolute atomic E-state index is 12.7.